The number of nitrogens with one attached hydrogen (secondary N) is 1. The molecule has 10 heteroatoms. The molecule has 1 aromatic carbocycles. The molecule has 1 aliphatic rings. The Labute approximate surface area is 173 Å². The van der Waals surface area contributed by atoms with Crippen LogP contribution in [0.2, 0.25) is 0 Å². The molecule has 3 rings (SSSR count). The van der Waals surface area contributed by atoms with Gasteiger partial charge in [0.15, 0.2) is 17.6 Å². The van der Waals surface area contributed by atoms with Crippen molar-refractivity contribution < 1.29 is 13.6 Å². The third-order valence-electron chi connectivity index (χ3n) is 4.17. The molecule has 2 heterocycles. The Morgan fingerprint density at radius 1 is 1.30 bits per heavy atom. The average Bonchev–Trinajstić information content (AvgIpc) is 3.04. The van der Waals surface area contributed by atoms with Crippen molar-refractivity contribution >= 4 is 41.5 Å². The molecule has 7 nitrogen and oxygen atoms in total. The Balaban J connectivity index is 0.00000261. The third-order valence-corrected chi connectivity index (χ3v) is 4.17. The van der Waals surface area contributed by atoms with Gasteiger partial charge < -0.3 is 15.1 Å². The van der Waals surface area contributed by atoms with Crippen molar-refractivity contribution in [1.82, 2.24) is 20.0 Å². The molecule has 0 spiro atoms. The number of carbonyl (C=O) groups is 1. The zero-order valence-corrected chi connectivity index (χ0v) is 17.4. The summed E-state index contributed by atoms with van der Waals surface area (Å²) in [4.78, 5) is 20.2. The van der Waals surface area contributed by atoms with Crippen molar-refractivity contribution in [3.05, 3.63) is 47.8 Å². The van der Waals surface area contributed by atoms with Gasteiger partial charge in [-0.15, -0.1) is 24.0 Å². The number of nitrogens with zero attached hydrogens (tertiary/aromatic N) is 5. The van der Waals surface area contributed by atoms with E-state index in [1.54, 1.807) is 36.1 Å². The highest BCUT2D eigenvalue weighted by atomic mass is 127. The fraction of sp³-hybridized carbons (Fsp3) is 0.353. The van der Waals surface area contributed by atoms with E-state index in [1.165, 1.54) is 6.07 Å². The van der Waals surface area contributed by atoms with Crippen molar-refractivity contribution in [3.8, 4) is 0 Å². The summed E-state index contributed by atoms with van der Waals surface area (Å²) in [5, 5.41) is 7.17. The van der Waals surface area contributed by atoms with Crippen molar-refractivity contribution in [2.24, 2.45) is 12.0 Å². The Hall–Kier alpha value is -2.24. The van der Waals surface area contributed by atoms with Crippen LogP contribution in [0.25, 0.3) is 0 Å². The molecule has 1 N–H and O–H groups in total. The van der Waals surface area contributed by atoms with Crippen LogP contribution in [0.5, 0.6) is 0 Å². The molecular weight excluding hydrogens is 469 g/mol. The van der Waals surface area contributed by atoms with Crippen molar-refractivity contribution in [2.45, 2.75) is 6.54 Å². The Morgan fingerprint density at radius 3 is 2.67 bits per heavy atom. The third kappa shape index (κ3) is 4.93. The molecule has 27 heavy (non-hydrogen) atoms. The van der Waals surface area contributed by atoms with Crippen molar-refractivity contribution in [1.29, 1.82) is 0 Å². The summed E-state index contributed by atoms with van der Waals surface area (Å²) in [5.74, 6) is -1.29. The van der Waals surface area contributed by atoms with E-state index in [-0.39, 0.29) is 43.0 Å². The molecule has 0 bridgehead atoms. The largest absolute Gasteiger partial charge is 0.352 e. The van der Waals surface area contributed by atoms with Crippen LogP contribution in [0.1, 0.15) is 5.56 Å². The Bertz CT molecular complexity index is 841. The first-order chi connectivity index (χ1) is 12.5. The minimum Gasteiger partial charge on any atom is -0.352 e. The number of anilines is 1. The molecule has 0 aliphatic carbocycles. The molecule has 2 aromatic rings. The van der Waals surface area contributed by atoms with Gasteiger partial charge in [0.2, 0.25) is 5.91 Å². The van der Waals surface area contributed by atoms with Crippen LogP contribution < -0.4 is 10.2 Å². The highest BCUT2D eigenvalue weighted by Gasteiger charge is 2.27. The molecule has 1 aliphatic heterocycles. The SMILES string of the molecule is CN=C(NCc1ccc(F)c(F)c1)N1CCN(c2cnn(C)c2)C(=O)C1.I. The first-order valence-corrected chi connectivity index (χ1v) is 8.16. The maximum absolute atomic E-state index is 13.3. The smallest absolute Gasteiger partial charge is 0.246 e. The predicted octanol–water partition coefficient (Wildman–Crippen LogP) is 1.74. The maximum atomic E-state index is 13.3. The summed E-state index contributed by atoms with van der Waals surface area (Å²) in [6.45, 7) is 1.56. The molecule has 0 atom stereocenters. The number of aliphatic imine (C=N–C) groups is 1. The summed E-state index contributed by atoms with van der Waals surface area (Å²) >= 11 is 0. The van der Waals surface area contributed by atoms with Crippen LogP contribution in [-0.2, 0) is 18.4 Å². The molecule has 1 aromatic heterocycles. The number of benzene rings is 1. The van der Waals surface area contributed by atoms with E-state index >= 15 is 0 Å². The number of rotatable bonds is 3. The summed E-state index contributed by atoms with van der Waals surface area (Å²) < 4.78 is 27.9. The fourth-order valence-electron chi connectivity index (χ4n) is 2.84. The number of halogens is 3. The molecule has 0 radical (unpaired) electrons. The number of amides is 1. The lowest BCUT2D eigenvalue weighted by atomic mass is 10.2. The molecule has 1 fully saturated rings. The number of hydrogen-bond acceptors (Lipinski definition) is 3. The lowest BCUT2D eigenvalue weighted by Crippen LogP contribution is -2.55. The lowest BCUT2D eigenvalue weighted by molar-refractivity contribution is -0.120. The average molecular weight is 490 g/mol. The minimum atomic E-state index is -0.889. The van der Waals surface area contributed by atoms with Crippen LogP contribution >= 0.6 is 24.0 Å². The number of aryl methyl sites for hydroxylation is 1. The first-order valence-electron chi connectivity index (χ1n) is 8.16. The summed E-state index contributed by atoms with van der Waals surface area (Å²) in [5.41, 5.74) is 1.35. The van der Waals surface area contributed by atoms with Crippen LogP contribution in [0, 0.1) is 11.6 Å². The van der Waals surface area contributed by atoms with Crippen LogP contribution in [0.15, 0.2) is 35.6 Å². The Kier molecular flexibility index (Phi) is 7.11. The van der Waals surface area contributed by atoms with Gasteiger partial charge in [0.25, 0.3) is 0 Å². The molecule has 0 unspecified atom stereocenters. The molecular formula is C17H21F2IN6O. The summed E-state index contributed by atoms with van der Waals surface area (Å²) in [6.07, 6.45) is 3.45. The highest BCUT2D eigenvalue weighted by Crippen LogP contribution is 2.16. The van der Waals surface area contributed by atoms with Crippen LogP contribution in [0.4, 0.5) is 14.5 Å². The van der Waals surface area contributed by atoms with E-state index in [4.69, 9.17) is 0 Å². The number of piperazine rings is 1. The highest BCUT2D eigenvalue weighted by molar-refractivity contribution is 14.0. The quantitative estimate of drug-likeness (QED) is 0.405. The zero-order valence-electron chi connectivity index (χ0n) is 15.0. The topological polar surface area (TPSA) is 65.8 Å². The fourth-order valence-corrected chi connectivity index (χ4v) is 2.84. The van der Waals surface area contributed by atoms with Gasteiger partial charge in [-0.25, -0.2) is 8.78 Å². The van der Waals surface area contributed by atoms with E-state index in [0.29, 0.717) is 24.6 Å². The summed E-state index contributed by atoms with van der Waals surface area (Å²) in [6, 6.07) is 3.73. The number of guanidine groups is 1. The van der Waals surface area contributed by atoms with Gasteiger partial charge in [0.1, 0.15) is 6.54 Å². The van der Waals surface area contributed by atoms with Crippen LogP contribution in [-0.4, -0.2) is 53.2 Å². The molecule has 1 amide bonds. The normalized spacial score (nSPS) is 15.0. The van der Waals surface area contributed by atoms with Crippen molar-refractivity contribution in [2.75, 3.05) is 31.6 Å². The van der Waals surface area contributed by atoms with Gasteiger partial charge in [-0.05, 0) is 17.7 Å². The second-order valence-electron chi connectivity index (χ2n) is 5.99. The molecule has 1 saturated heterocycles. The second kappa shape index (κ2) is 9.11. The van der Waals surface area contributed by atoms with Gasteiger partial charge in [0, 0.05) is 39.9 Å². The monoisotopic (exact) mass is 490 g/mol. The van der Waals surface area contributed by atoms with E-state index < -0.39 is 11.6 Å². The predicted molar refractivity (Wildman–Crippen MR) is 109 cm³/mol. The van der Waals surface area contributed by atoms with Gasteiger partial charge in [-0.2, -0.15) is 5.10 Å². The van der Waals surface area contributed by atoms with E-state index in [0.717, 1.165) is 17.8 Å². The lowest BCUT2D eigenvalue weighted by Gasteiger charge is -2.35. The van der Waals surface area contributed by atoms with Crippen molar-refractivity contribution in [3.63, 3.8) is 0 Å². The summed E-state index contributed by atoms with van der Waals surface area (Å²) in [7, 11) is 3.42. The maximum Gasteiger partial charge on any atom is 0.246 e. The molecule has 0 saturated carbocycles. The van der Waals surface area contributed by atoms with Gasteiger partial charge >= 0.3 is 0 Å². The standard InChI is InChI=1S/C17H20F2N6O.HI/c1-20-17(21-8-12-3-4-14(18)15(19)7-12)24-5-6-25(16(26)11-24)13-9-22-23(2)10-13;/h3-4,7,9-10H,5-6,8,11H2,1-2H3,(H,20,21);1H. The van der Waals surface area contributed by atoms with Crippen LogP contribution in [0.3, 0.4) is 0 Å². The van der Waals surface area contributed by atoms with Gasteiger partial charge in [-0.1, -0.05) is 6.07 Å². The van der Waals surface area contributed by atoms with E-state index in [1.807, 2.05) is 4.90 Å². The number of carbonyl (C=O) groups excluding carboxylic acids is 1. The van der Waals surface area contributed by atoms with E-state index in [9.17, 15) is 13.6 Å². The Morgan fingerprint density at radius 2 is 2.07 bits per heavy atom. The number of aromatic nitrogens is 2. The van der Waals surface area contributed by atoms with Gasteiger partial charge in [0.05, 0.1) is 11.9 Å². The first kappa shape index (κ1) is 21.1. The zero-order chi connectivity index (χ0) is 18.7. The van der Waals surface area contributed by atoms with Gasteiger partial charge in [-0.3, -0.25) is 14.5 Å². The number of hydrogen-bond donors (Lipinski definition) is 1. The molecule has 146 valence electrons. The van der Waals surface area contributed by atoms with E-state index in [2.05, 4.69) is 15.4 Å². The second-order valence-corrected chi connectivity index (χ2v) is 5.99. The minimum absolute atomic E-state index is 0.